The second-order valence-corrected chi connectivity index (χ2v) is 1.60. The number of aliphatic hydroxyl groups is 1. The summed E-state index contributed by atoms with van der Waals surface area (Å²) in [4.78, 5) is 0. The van der Waals surface area contributed by atoms with Crippen molar-refractivity contribution < 1.29 is 5.11 Å². The van der Waals surface area contributed by atoms with E-state index in [-0.39, 0.29) is 0 Å². The van der Waals surface area contributed by atoms with Gasteiger partial charge in [0.2, 0.25) is 0 Å². The third-order valence-electron chi connectivity index (χ3n) is 0.866. The van der Waals surface area contributed by atoms with Crippen molar-refractivity contribution in [3.05, 3.63) is 36.1 Å². The van der Waals surface area contributed by atoms with Gasteiger partial charge in [-0.05, 0) is 26.0 Å². The topological polar surface area (TPSA) is 20.2 Å². The fourth-order valence-corrected chi connectivity index (χ4v) is 0.361. The molecular formula is C8H12O. The first-order chi connectivity index (χ1) is 4.31. The molecule has 0 aliphatic rings. The van der Waals surface area contributed by atoms with E-state index in [2.05, 4.69) is 0 Å². The van der Waals surface area contributed by atoms with E-state index in [9.17, 15) is 0 Å². The van der Waals surface area contributed by atoms with E-state index in [1.54, 1.807) is 25.2 Å². The fourth-order valence-electron chi connectivity index (χ4n) is 0.361. The number of rotatable bonds is 2. The lowest BCUT2D eigenvalue weighted by atomic mass is 10.4. The SMILES string of the molecule is C\C=C/C=C\C(O)=C\C. The molecule has 0 saturated heterocycles. The van der Waals surface area contributed by atoms with E-state index >= 15 is 0 Å². The van der Waals surface area contributed by atoms with Crippen LogP contribution in [0.5, 0.6) is 0 Å². The Labute approximate surface area is 56.0 Å². The van der Waals surface area contributed by atoms with E-state index in [4.69, 9.17) is 5.11 Å². The van der Waals surface area contributed by atoms with Crippen LogP contribution in [0.15, 0.2) is 36.1 Å². The molecule has 9 heavy (non-hydrogen) atoms. The average Bonchev–Trinajstić information content (AvgIpc) is 1.89. The fraction of sp³-hybridized carbons (Fsp3) is 0.250. The highest BCUT2D eigenvalue weighted by Crippen LogP contribution is 1.89. The van der Waals surface area contributed by atoms with Gasteiger partial charge in [-0.3, -0.25) is 0 Å². The highest BCUT2D eigenvalue weighted by atomic mass is 16.3. The quantitative estimate of drug-likeness (QED) is 0.443. The van der Waals surface area contributed by atoms with Gasteiger partial charge in [-0.2, -0.15) is 0 Å². The van der Waals surface area contributed by atoms with Crippen molar-refractivity contribution in [2.75, 3.05) is 0 Å². The maximum Gasteiger partial charge on any atom is 0.111 e. The molecule has 1 N–H and O–H groups in total. The minimum absolute atomic E-state index is 0.299. The summed E-state index contributed by atoms with van der Waals surface area (Å²) < 4.78 is 0. The van der Waals surface area contributed by atoms with Crippen molar-refractivity contribution in [2.24, 2.45) is 0 Å². The van der Waals surface area contributed by atoms with Crippen LogP contribution in [0.1, 0.15) is 13.8 Å². The van der Waals surface area contributed by atoms with Crippen molar-refractivity contribution in [1.29, 1.82) is 0 Å². The summed E-state index contributed by atoms with van der Waals surface area (Å²) in [6, 6.07) is 0. The molecule has 0 rings (SSSR count). The number of hydrogen-bond acceptors (Lipinski definition) is 1. The van der Waals surface area contributed by atoms with Crippen LogP contribution in [0.4, 0.5) is 0 Å². The predicted molar refractivity (Wildman–Crippen MR) is 40.3 cm³/mol. The standard InChI is InChI=1S/C8H12O/c1-3-5-6-7-8(9)4-2/h3-7,9H,1-2H3/b5-3-,7-6-,8-4-. The van der Waals surface area contributed by atoms with Crippen LogP contribution in [-0.4, -0.2) is 5.11 Å². The molecule has 0 heterocycles. The molecule has 0 radical (unpaired) electrons. The van der Waals surface area contributed by atoms with Gasteiger partial charge in [0.05, 0.1) is 0 Å². The lowest BCUT2D eigenvalue weighted by Crippen LogP contribution is -1.67. The van der Waals surface area contributed by atoms with Gasteiger partial charge < -0.3 is 5.11 Å². The van der Waals surface area contributed by atoms with Crippen molar-refractivity contribution in [3.8, 4) is 0 Å². The molecule has 0 bridgehead atoms. The van der Waals surface area contributed by atoms with Crippen LogP contribution in [0.25, 0.3) is 0 Å². The van der Waals surface area contributed by atoms with Crippen molar-refractivity contribution >= 4 is 0 Å². The van der Waals surface area contributed by atoms with Gasteiger partial charge in [0.1, 0.15) is 5.76 Å². The molecule has 50 valence electrons. The van der Waals surface area contributed by atoms with Crippen LogP contribution < -0.4 is 0 Å². The van der Waals surface area contributed by atoms with Crippen LogP contribution in [0, 0.1) is 0 Å². The number of aliphatic hydroxyl groups excluding tert-OH is 1. The highest BCUT2D eigenvalue weighted by Gasteiger charge is 1.74. The zero-order valence-corrected chi connectivity index (χ0v) is 5.83. The summed E-state index contributed by atoms with van der Waals surface area (Å²) >= 11 is 0. The van der Waals surface area contributed by atoms with Crippen molar-refractivity contribution in [1.82, 2.24) is 0 Å². The molecule has 0 unspecified atom stereocenters. The molecule has 0 fully saturated rings. The first kappa shape index (κ1) is 8.02. The van der Waals surface area contributed by atoms with Crippen LogP contribution in [-0.2, 0) is 0 Å². The average molecular weight is 124 g/mol. The highest BCUT2D eigenvalue weighted by molar-refractivity contribution is 5.14. The lowest BCUT2D eigenvalue weighted by Gasteiger charge is -1.82. The van der Waals surface area contributed by atoms with Gasteiger partial charge in [-0.15, -0.1) is 0 Å². The third kappa shape index (κ3) is 4.88. The molecule has 0 aromatic rings. The zero-order chi connectivity index (χ0) is 7.11. The van der Waals surface area contributed by atoms with Gasteiger partial charge in [-0.1, -0.05) is 18.2 Å². The molecule has 0 atom stereocenters. The minimum Gasteiger partial charge on any atom is -0.508 e. The Kier molecular flexibility index (Phi) is 4.60. The monoisotopic (exact) mass is 124 g/mol. The van der Waals surface area contributed by atoms with E-state index in [0.717, 1.165) is 0 Å². The second kappa shape index (κ2) is 5.16. The smallest absolute Gasteiger partial charge is 0.111 e. The summed E-state index contributed by atoms with van der Waals surface area (Å²) in [6.07, 6.45) is 8.83. The van der Waals surface area contributed by atoms with E-state index in [1.165, 1.54) is 0 Å². The third-order valence-corrected chi connectivity index (χ3v) is 0.866. The molecule has 0 amide bonds. The van der Waals surface area contributed by atoms with Crippen molar-refractivity contribution in [3.63, 3.8) is 0 Å². The first-order valence-corrected chi connectivity index (χ1v) is 2.96. The molecule has 0 spiro atoms. The minimum atomic E-state index is 0.299. The van der Waals surface area contributed by atoms with Gasteiger partial charge in [-0.25, -0.2) is 0 Å². The van der Waals surface area contributed by atoms with E-state index in [0.29, 0.717) is 5.76 Å². The Morgan fingerprint density at radius 1 is 1.22 bits per heavy atom. The van der Waals surface area contributed by atoms with Gasteiger partial charge in [0.15, 0.2) is 0 Å². The summed E-state index contributed by atoms with van der Waals surface area (Å²) in [7, 11) is 0. The van der Waals surface area contributed by atoms with E-state index < -0.39 is 0 Å². The van der Waals surface area contributed by atoms with Crippen LogP contribution >= 0.6 is 0 Å². The first-order valence-electron chi connectivity index (χ1n) is 2.96. The predicted octanol–water partition coefficient (Wildman–Crippen LogP) is 2.58. The van der Waals surface area contributed by atoms with Crippen molar-refractivity contribution in [2.45, 2.75) is 13.8 Å². The Morgan fingerprint density at radius 3 is 2.33 bits per heavy atom. The molecule has 0 aliphatic heterocycles. The molecule has 1 nitrogen and oxygen atoms in total. The normalized spacial score (nSPS) is 13.8. The van der Waals surface area contributed by atoms with E-state index in [1.807, 2.05) is 19.1 Å². The number of allylic oxidation sites excluding steroid dienone is 5. The Bertz CT molecular complexity index is 141. The molecule has 0 aromatic heterocycles. The van der Waals surface area contributed by atoms with Gasteiger partial charge >= 0.3 is 0 Å². The second-order valence-electron chi connectivity index (χ2n) is 1.60. The summed E-state index contributed by atoms with van der Waals surface area (Å²) in [5, 5.41) is 8.82. The summed E-state index contributed by atoms with van der Waals surface area (Å²) in [5.41, 5.74) is 0. The van der Waals surface area contributed by atoms with Crippen LogP contribution in [0.2, 0.25) is 0 Å². The Balaban J connectivity index is 3.71. The maximum absolute atomic E-state index is 8.82. The number of hydrogen-bond donors (Lipinski definition) is 1. The molecular weight excluding hydrogens is 112 g/mol. The Morgan fingerprint density at radius 2 is 1.89 bits per heavy atom. The lowest BCUT2D eigenvalue weighted by molar-refractivity contribution is 0.431. The van der Waals surface area contributed by atoms with Gasteiger partial charge in [0, 0.05) is 0 Å². The molecule has 0 aromatic carbocycles. The maximum atomic E-state index is 8.82. The molecule has 1 heteroatoms. The zero-order valence-electron chi connectivity index (χ0n) is 5.83. The Hall–Kier alpha value is -0.980. The van der Waals surface area contributed by atoms with Gasteiger partial charge in [0.25, 0.3) is 0 Å². The van der Waals surface area contributed by atoms with Crippen LogP contribution in [0.3, 0.4) is 0 Å². The summed E-state index contributed by atoms with van der Waals surface area (Å²) in [5.74, 6) is 0.299. The largest absolute Gasteiger partial charge is 0.508 e. The summed E-state index contributed by atoms with van der Waals surface area (Å²) in [6.45, 7) is 3.71. The molecule has 0 aliphatic carbocycles. The molecule has 0 saturated carbocycles.